The number of rotatable bonds is 7. The number of phenolic OH excluding ortho intramolecular Hbond substituents is 1. The number of nitrogens with one attached hydrogen (secondary N) is 1. The van der Waals surface area contributed by atoms with Gasteiger partial charge in [0, 0.05) is 29.8 Å². The van der Waals surface area contributed by atoms with Gasteiger partial charge in [-0.1, -0.05) is 37.0 Å². The van der Waals surface area contributed by atoms with E-state index >= 15 is 0 Å². The fourth-order valence-electron chi connectivity index (χ4n) is 1.73. The number of halogens is 2. The molecule has 0 amide bonds. The minimum absolute atomic E-state index is 0.0810. The normalized spacial score (nSPS) is 12.9. The van der Waals surface area contributed by atoms with Crippen molar-refractivity contribution in [2.45, 2.75) is 33.4 Å². The molecular formula is C14H21Cl2NO2. The molecule has 0 aliphatic heterocycles. The lowest BCUT2D eigenvalue weighted by molar-refractivity contribution is 0.107. The molecule has 1 rings (SSSR count). The molecule has 0 aliphatic rings. The topological polar surface area (TPSA) is 41.5 Å². The summed E-state index contributed by atoms with van der Waals surface area (Å²) in [5.74, 6) is 0.515. The van der Waals surface area contributed by atoms with E-state index in [-0.39, 0.29) is 16.8 Å². The number of hydrogen-bond donors (Lipinski definition) is 2. The highest BCUT2D eigenvalue weighted by Crippen LogP contribution is 2.31. The summed E-state index contributed by atoms with van der Waals surface area (Å²) in [7, 11) is 0. The molecule has 0 bridgehead atoms. The van der Waals surface area contributed by atoms with Crippen LogP contribution in [0, 0.1) is 5.92 Å². The molecule has 0 spiro atoms. The molecule has 5 heteroatoms. The van der Waals surface area contributed by atoms with Gasteiger partial charge in [-0.15, -0.1) is 0 Å². The molecule has 0 aliphatic carbocycles. The second kappa shape index (κ2) is 7.95. The van der Waals surface area contributed by atoms with Crippen LogP contribution in [0.4, 0.5) is 0 Å². The molecule has 0 aromatic heterocycles. The van der Waals surface area contributed by atoms with Gasteiger partial charge in [0.1, 0.15) is 5.75 Å². The third-order valence-corrected chi connectivity index (χ3v) is 3.47. The van der Waals surface area contributed by atoms with E-state index in [9.17, 15) is 5.11 Å². The molecule has 1 atom stereocenters. The van der Waals surface area contributed by atoms with Crippen LogP contribution in [-0.2, 0) is 11.3 Å². The number of benzene rings is 1. The maximum absolute atomic E-state index is 9.89. The number of aromatic hydroxyl groups is 1. The Balaban J connectivity index is 2.68. The van der Waals surface area contributed by atoms with E-state index < -0.39 is 0 Å². The van der Waals surface area contributed by atoms with E-state index in [1.54, 1.807) is 6.07 Å². The Bertz CT molecular complexity index is 411. The molecule has 19 heavy (non-hydrogen) atoms. The summed E-state index contributed by atoms with van der Waals surface area (Å²) in [4.78, 5) is 0. The Kier molecular flexibility index (Phi) is 6.94. The molecule has 1 unspecified atom stereocenters. The highest BCUT2D eigenvalue weighted by atomic mass is 35.5. The standard InChI is InChI=1S/C14H21Cl2NO2/c1-4-19-8-13(9(2)3)17-7-10-5-11(15)6-12(16)14(10)18/h5-6,9,13,17-18H,4,7-8H2,1-3H3. The fourth-order valence-corrected chi connectivity index (χ4v) is 2.26. The number of phenols is 1. The van der Waals surface area contributed by atoms with Crippen LogP contribution < -0.4 is 5.32 Å². The predicted octanol–water partition coefficient (Wildman–Crippen LogP) is 3.85. The lowest BCUT2D eigenvalue weighted by atomic mass is 10.0. The van der Waals surface area contributed by atoms with E-state index in [4.69, 9.17) is 27.9 Å². The van der Waals surface area contributed by atoms with Crippen LogP contribution in [0.1, 0.15) is 26.3 Å². The highest BCUT2D eigenvalue weighted by molar-refractivity contribution is 6.35. The van der Waals surface area contributed by atoms with Gasteiger partial charge in [-0.2, -0.15) is 0 Å². The SMILES string of the molecule is CCOCC(NCc1cc(Cl)cc(Cl)c1O)C(C)C. The molecule has 0 radical (unpaired) electrons. The summed E-state index contributed by atoms with van der Waals surface area (Å²) in [6.07, 6.45) is 0. The fraction of sp³-hybridized carbons (Fsp3) is 0.571. The van der Waals surface area contributed by atoms with Crippen molar-refractivity contribution < 1.29 is 9.84 Å². The zero-order valence-corrected chi connectivity index (χ0v) is 13.1. The molecule has 108 valence electrons. The first-order chi connectivity index (χ1) is 8.95. The Hall–Kier alpha value is -0.480. The van der Waals surface area contributed by atoms with Gasteiger partial charge in [0.2, 0.25) is 0 Å². The average Bonchev–Trinajstić information content (AvgIpc) is 2.34. The van der Waals surface area contributed by atoms with E-state index in [2.05, 4.69) is 19.2 Å². The lowest BCUT2D eigenvalue weighted by Crippen LogP contribution is -2.37. The minimum Gasteiger partial charge on any atom is -0.506 e. The maximum atomic E-state index is 9.89. The van der Waals surface area contributed by atoms with E-state index in [0.717, 1.165) is 0 Å². The summed E-state index contributed by atoms with van der Waals surface area (Å²) in [5.41, 5.74) is 0.694. The van der Waals surface area contributed by atoms with E-state index in [1.165, 1.54) is 6.07 Å². The van der Waals surface area contributed by atoms with Crippen LogP contribution in [-0.4, -0.2) is 24.4 Å². The molecule has 0 fully saturated rings. The van der Waals surface area contributed by atoms with Gasteiger partial charge >= 0.3 is 0 Å². The maximum Gasteiger partial charge on any atom is 0.138 e. The third-order valence-electron chi connectivity index (χ3n) is 2.97. The van der Waals surface area contributed by atoms with Gasteiger partial charge in [-0.3, -0.25) is 0 Å². The summed E-state index contributed by atoms with van der Waals surface area (Å²) in [6, 6.07) is 3.47. The van der Waals surface area contributed by atoms with Gasteiger partial charge in [0.15, 0.2) is 0 Å². The quantitative estimate of drug-likeness (QED) is 0.804. The molecule has 1 aromatic rings. The van der Waals surface area contributed by atoms with Gasteiger partial charge in [-0.25, -0.2) is 0 Å². The Morgan fingerprint density at radius 2 is 2.00 bits per heavy atom. The zero-order valence-electron chi connectivity index (χ0n) is 11.5. The Labute approximate surface area is 124 Å². The van der Waals surface area contributed by atoms with Gasteiger partial charge in [0.05, 0.1) is 11.6 Å². The highest BCUT2D eigenvalue weighted by Gasteiger charge is 2.15. The molecule has 2 N–H and O–H groups in total. The Morgan fingerprint density at radius 3 is 2.58 bits per heavy atom. The first kappa shape index (κ1) is 16.6. The Morgan fingerprint density at radius 1 is 1.32 bits per heavy atom. The van der Waals surface area contributed by atoms with Gasteiger partial charge < -0.3 is 15.2 Å². The largest absolute Gasteiger partial charge is 0.506 e. The van der Waals surface area contributed by atoms with Gasteiger partial charge in [-0.05, 0) is 25.0 Å². The van der Waals surface area contributed by atoms with Crippen molar-refractivity contribution in [1.82, 2.24) is 5.32 Å². The van der Waals surface area contributed by atoms with E-state index in [1.807, 2.05) is 6.92 Å². The molecule has 0 heterocycles. The second-order valence-electron chi connectivity index (χ2n) is 4.79. The summed E-state index contributed by atoms with van der Waals surface area (Å²) < 4.78 is 5.45. The van der Waals surface area contributed by atoms with Crippen LogP contribution in [0.25, 0.3) is 0 Å². The number of ether oxygens (including phenoxy) is 1. The third kappa shape index (κ3) is 5.19. The van der Waals surface area contributed by atoms with Crippen LogP contribution in [0.15, 0.2) is 12.1 Å². The van der Waals surface area contributed by atoms with Crippen molar-refractivity contribution in [1.29, 1.82) is 0 Å². The monoisotopic (exact) mass is 305 g/mol. The van der Waals surface area contributed by atoms with Gasteiger partial charge in [0.25, 0.3) is 0 Å². The first-order valence-electron chi connectivity index (χ1n) is 6.43. The molecule has 0 saturated carbocycles. The van der Waals surface area contributed by atoms with Crippen LogP contribution in [0.3, 0.4) is 0 Å². The summed E-state index contributed by atoms with van der Waals surface area (Å²) in [6.45, 7) is 8.06. The van der Waals surface area contributed by atoms with Crippen LogP contribution >= 0.6 is 23.2 Å². The zero-order chi connectivity index (χ0) is 14.4. The van der Waals surface area contributed by atoms with Crippen molar-refractivity contribution in [2.24, 2.45) is 5.92 Å². The molecule has 1 aromatic carbocycles. The van der Waals surface area contributed by atoms with Crippen molar-refractivity contribution in [2.75, 3.05) is 13.2 Å². The number of hydrogen-bond acceptors (Lipinski definition) is 3. The minimum atomic E-state index is 0.0810. The molecule has 0 saturated heterocycles. The summed E-state index contributed by atoms with van der Waals surface area (Å²) in [5, 5.41) is 14.0. The summed E-state index contributed by atoms with van der Waals surface area (Å²) >= 11 is 11.8. The van der Waals surface area contributed by atoms with Crippen molar-refractivity contribution in [3.05, 3.63) is 27.7 Å². The smallest absolute Gasteiger partial charge is 0.138 e. The first-order valence-corrected chi connectivity index (χ1v) is 7.19. The van der Waals surface area contributed by atoms with E-state index in [0.29, 0.717) is 36.3 Å². The molecular weight excluding hydrogens is 285 g/mol. The van der Waals surface area contributed by atoms with Crippen LogP contribution in [0.5, 0.6) is 5.75 Å². The van der Waals surface area contributed by atoms with Crippen molar-refractivity contribution in [3.8, 4) is 5.75 Å². The average molecular weight is 306 g/mol. The van der Waals surface area contributed by atoms with Crippen molar-refractivity contribution >= 4 is 23.2 Å². The van der Waals surface area contributed by atoms with Crippen LogP contribution in [0.2, 0.25) is 10.0 Å². The predicted molar refractivity (Wildman–Crippen MR) is 80.1 cm³/mol. The van der Waals surface area contributed by atoms with Crippen molar-refractivity contribution in [3.63, 3.8) is 0 Å². The second-order valence-corrected chi connectivity index (χ2v) is 5.63. The molecule has 3 nitrogen and oxygen atoms in total. The lowest BCUT2D eigenvalue weighted by Gasteiger charge is -2.22.